The van der Waals surface area contributed by atoms with E-state index in [0.717, 1.165) is 12.0 Å². The molecular formula is C9H13F. The van der Waals surface area contributed by atoms with Crippen molar-refractivity contribution >= 4 is 0 Å². The molecular weight excluding hydrogens is 127 g/mol. The van der Waals surface area contributed by atoms with E-state index in [-0.39, 0.29) is 6.67 Å². The summed E-state index contributed by atoms with van der Waals surface area (Å²) in [6.07, 6.45) is 7.92. The lowest BCUT2D eigenvalue weighted by molar-refractivity contribution is 0.561. The van der Waals surface area contributed by atoms with Crippen LogP contribution in [0.1, 0.15) is 13.3 Å². The predicted octanol–water partition coefficient (Wildman–Crippen LogP) is 3.03. The molecule has 0 spiro atoms. The van der Waals surface area contributed by atoms with Crippen LogP contribution in [0, 0.1) is 0 Å². The Bertz CT molecular complexity index is 143. The number of rotatable bonds is 4. The molecule has 56 valence electrons. The van der Waals surface area contributed by atoms with Crippen molar-refractivity contribution < 1.29 is 4.39 Å². The van der Waals surface area contributed by atoms with E-state index in [1.807, 2.05) is 19.1 Å². The molecule has 0 aliphatic rings. The van der Waals surface area contributed by atoms with Gasteiger partial charge in [0, 0.05) is 0 Å². The molecule has 0 saturated heterocycles. The Morgan fingerprint density at radius 2 is 2.30 bits per heavy atom. The van der Waals surface area contributed by atoms with Crippen LogP contribution in [-0.2, 0) is 0 Å². The van der Waals surface area contributed by atoms with Gasteiger partial charge in [-0.15, -0.1) is 6.58 Å². The van der Waals surface area contributed by atoms with E-state index in [0.29, 0.717) is 0 Å². The van der Waals surface area contributed by atoms with Gasteiger partial charge in [-0.2, -0.15) is 0 Å². The number of halogens is 1. The number of allylic oxidation sites excluding steroid dienone is 5. The average Bonchev–Trinajstić information content (AvgIpc) is 1.97. The second-order valence-corrected chi connectivity index (χ2v) is 2.03. The highest BCUT2D eigenvalue weighted by molar-refractivity contribution is 5.16. The van der Waals surface area contributed by atoms with Gasteiger partial charge < -0.3 is 0 Å². The molecule has 0 rings (SSSR count). The first-order valence-corrected chi connectivity index (χ1v) is 3.31. The summed E-state index contributed by atoms with van der Waals surface area (Å²) in [6, 6.07) is 0. The minimum absolute atomic E-state index is 0.390. The van der Waals surface area contributed by atoms with E-state index in [1.54, 1.807) is 6.08 Å². The van der Waals surface area contributed by atoms with Gasteiger partial charge in [0.05, 0.1) is 0 Å². The second-order valence-electron chi connectivity index (χ2n) is 2.03. The fourth-order valence-corrected chi connectivity index (χ4v) is 0.568. The van der Waals surface area contributed by atoms with Gasteiger partial charge in [0.1, 0.15) is 6.67 Å². The standard InChI is InChI=1S/C9H13F/c1-3-4-6-9(2)7-5-8-10/h3,5-7H,1,4,8H2,2H3/b7-5-,9-6-. The summed E-state index contributed by atoms with van der Waals surface area (Å²) in [5, 5.41) is 0. The SMILES string of the molecule is C=CC/C=C(C)\C=C/CF. The average molecular weight is 140 g/mol. The molecule has 1 heteroatoms. The van der Waals surface area contributed by atoms with Crippen LogP contribution in [0.4, 0.5) is 4.39 Å². The molecule has 0 aromatic heterocycles. The van der Waals surface area contributed by atoms with Crippen molar-refractivity contribution in [2.75, 3.05) is 6.67 Å². The van der Waals surface area contributed by atoms with Crippen LogP contribution in [0.2, 0.25) is 0 Å². The van der Waals surface area contributed by atoms with Crippen molar-refractivity contribution in [3.8, 4) is 0 Å². The maximum absolute atomic E-state index is 11.5. The van der Waals surface area contributed by atoms with Gasteiger partial charge >= 0.3 is 0 Å². The predicted molar refractivity (Wildman–Crippen MR) is 43.7 cm³/mol. The summed E-state index contributed by atoms with van der Waals surface area (Å²) in [5.74, 6) is 0. The fraction of sp³-hybridized carbons (Fsp3) is 0.333. The van der Waals surface area contributed by atoms with Crippen LogP contribution in [0.15, 0.2) is 36.5 Å². The zero-order valence-corrected chi connectivity index (χ0v) is 6.31. The number of hydrogen-bond donors (Lipinski definition) is 0. The molecule has 0 unspecified atom stereocenters. The van der Waals surface area contributed by atoms with Crippen molar-refractivity contribution in [2.24, 2.45) is 0 Å². The van der Waals surface area contributed by atoms with Crippen molar-refractivity contribution in [2.45, 2.75) is 13.3 Å². The third-order valence-electron chi connectivity index (χ3n) is 1.08. The molecule has 0 aromatic rings. The van der Waals surface area contributed by atoms with E-state index in [1.165, 1.54) is 6.08 Å². The molecule has 0 amide bonds. The topological polar surface area (TPSA) is 0 Å². The van der Waals surface area contributed by atoms with E-state index >= 15 is 0 Å². The van der Waals surface area contributed by atoms with E-state index in [2.05, 4.69) is 6.58 Å². The van der Waals surface area contributed by atoms with Crippen molar-refractivity contribution in [1.29, 1.82) is 0 Å². The van der Waals surface area contributed by atoms with Crippen molar-refractivity contribution in [1.82, 2.24) is 0 Å². The van der Waals surface area contributed by atoms with Gasteiger partial charge in [0.2, 0.25) is 0 Å². The first-order chi connectivity index (χ1) is 4.81. The second kappa shape index (κ2) is 6.27. The zero-order chi connectivity index (χ0) is 7.82. The summed E-state index contributed by atoms with van der Waals surface area (Å²) in [7, 11) is 0. The molecule has 0 heterocycles. The fourth-order valence-electron chi connectivity index (χ4n) is 0.568. The lowest BCUT2D eigenvalue weighted by Crippen LogP contribution is -1.69. The van der Waals surface area contributed by atoms with Gasteiger partial charge in [-0.3, -0.25) is 0 Å². The largest absolute Gasteiger partial charge is 0.247 e. The van der Waals surface area contributed by atoms with E-state index < -0.39 is 0 Å². The lowest BCUT2D eigenvalue weighted by atomic mass is 10.2. The molecule has 0 nitrogen and oxygen atoms in total. The van der Waals surface area contributed by atoms with Crippen LogP contribution in [0.3, 0.4) is 0 Å². The molecule has 0 saturated carbocycles. The maximum Gasteiger partial charge on any atom is 0.108 e. The Labute approximate surface area is 61.8 Å². The van der Waals surface area contributed by atoms with Gasteiger partial charge in [-0.1, -0.05) is 29.9 Å². The van der Waals surface area contributed by atoms with Crippen LogP contribution < -0.4 is 0 Å². The highest BCUT2D eigenvalue weighted by atomic mass is 19.1. The number of hydrogen-bond acceptors (Lipinski definition) is 0. The Morgan fingerprint density at radius 1 is 1.60 bits per heavy atom. The lowest BCUT2D eigenvalue weighted by Gasteiger charge is -1.87. The van der Waals surface area contributed by atoms with Gasteiger partial charge in [0.15, 0.2) is 0 Å². The molecule has 0 bridgehead atoms. The van der Waals surface area contributed by atoms with Gasteiger partial charge in [-0.25, -0.2) is 4.39 Å². The Kier molecular flexibility index (Phi) is 5.74. The molecule has 10 heavy (non-hydrogen) atoms. The third-order valence-corrected chi connectivity index (χ3v) is 1.08. The Hall–Kier alpha value is -0.850. The first-order valence-electron chi connectivity index (χ1n) is 3.31. The highest BCUT2D eigenvalue weighted by Crippen LogP contribution is 1.97. The quantitative estimate of drug-likeness (QED) is 0.416. The van der Waals surface area contributed by atoms with Crippen molar-refractivity contribution in [3.63, 3.8) is 0 Å². The third kappa shape index (κ3) is 5.29. The highest BCUT2D eigenvalue weighted by Gasteiger charge is 1.77. The van der Waals surface area contributed by atoms with Crippen LogP contribution in [0.5, 0.6) is 0 Å². The molecule has 0 atom stereocenters. The molecule has 0 aliphatic carbocycles. The maximum atomic E-state index is 11.5. The summed E-state index contributed by atoms with van der Waals surface area (Å²) in [6.45, 7) is 5.12. The normalized spacial score (nSPS) is 12.4. The number of alkyl halides is 1. The molecule has 0 radical (unpaired) electrons. The molecule has 0 aromatic carbocycles. The summed E-state index contributed by atoms with van der Waals surface area (Å²) >= 11 is 0. The monoisotopic (exact) mass is 140 g/mol. The minimum atomic E-state index is -0.390. The molecule has 0 N–H and O–H groups in total. The van der Waals surface area contributed by atoms with Gasteiger partial charge in [-0.05, 0) is 13.3 Å². The molecule has 0 fully saturated rings. The van der Waals surface area contributed by atoms with Gasteiger partial charge in [0.25, 0.3) is 0 Å². The van der Waals surface area contributed by atoms with Crippen LogP contribution in [0.25, 0.3) is 0 Å². The summed E-state index contributed by atoms with van der Waals surface area (Å²) < 4.78 is 11.5. The summed E-state index contributed by atoms with van der Waals surface area (Å²) in [4.78, 5) is 0. The zero-order valence-electron chi connectivity index (χ0n) is 6.31. The molecule has 0 aliphatic heterocycles. The van der Waals surface area contributed by atoms with Crippen LogP contribution in [-0.4, -0.2) is 6.67 Å². The first kappa shape index (κ1) is 9.15. The van der Waals surface area contributed by atoms with E-state index in [4.69, 9.17) is 0 Å². The smallest absolute Gasteiger partial charge is 0.108 e. The van der Waals surface area contributed by atoms with Crippen LogP contribution >= 0.6 is 0 Å². The van der Waals surface area contributed by atoms with E-state index in [9.17, 15) is 4.39 Å². The summed E-state index contributed by atoms with van der Waals surface area (Å²) in [5.41, 5.74) is 1.08. The Balaban J connectivity index is 3.69. The Morgan fingerprint density at radius 3 is 2.80 bits per heavy atom. The minimum Gasteiger partial charge on any atom is -0.247 e. The van der Waals surface area contributed by atoms with Crippen molar-refractivity contribution in [3.05, 3.63) is 36.5 Å².